The summed E-state index contributed by atoms with van der Waals surface area (Å²) in [6.45, 7) is 7.06. The summed E-state index contributed by atoms with van der Waals surface area (Å²) in [6.07, 6.45) is 5.54. The van der Waals surface area contributed by atoms with Crippen molar-refractivity contribution in [2.24, 2.45) is 5.92 Å². The molecule has 2 amide bonds. The fourth-order valence-electron chi connectivity index (χ4n) is 4.25. The molecule has 3 aliphatic heterocycles. The Kier molecular flexibility index (Phi) is 9.00. The van der Waals surface area contributed by atoms with E-state index in [1.54, 1.807) is 0 Å². The van der Waals surface area contributed by atoms with Crippen molar-refractivity contribution in [2.45, 2.75) is 57.5 Å². The van der Waals surface area contributed by atoms with Crippen LogP contribution in [0.25, 0.3) is 0 Å². The van der Waals surface area contributed by atoms with E-state index in [1.807, 2.05) is 4.90 Å². The van der Waals surface area contributed by atoms with E-state index in [2.05, 4.69) is 17.1 Å². The lowest BCUT2D eigenvalue weighted by Crippen LogP contribution is -2.48. The number of nitrogens with one attached hydrogen (secondary N) is 1. The molecular weight excluding hydrogens is 350 g/mol. The van der Waals surface area contributed by atoms with Gasteiger partial charge in [0.05, 0.1) is 6.04 Å². The average molecular weight is 383 g/mol. The molecule has 0 aliphatic carbocycles. The van der Waals surface area contributed by atoms with Crippen LogP contribution in [0.4, 0.5) is 0 Å². The van der Waals surface area contributed by atoms with Crippen LogP contribution in [0, 0.1) is 5.92 Å². The molecule has 1 unspecified atom stereocenters. The second-order valence-corrected chi connectivity index (χ2v) is 7.51. The minimum Gasteiger partial charge on any atom is -0.483 e. The molecule has 3 fully saturated rings. The van der Waals surface area contributed by atoms with Gasteiger partial charge in [0.25, 0.3) is 6.47 Å². The summed E-state index contributed by atoms with van der Waals surface area (Å²) in [7, 11) is 0. The molecule has 0 aromatic carbocycles. The molecule has 3 saturated heterocycles. The molecule has 0 radical (unpaired) electrons. The van der Waals surface area contributed by atoms with E-state index >= 15 is 0 Å². The van der Waals surface area contributed by atoms with Gasteiger partial charge in [0.15, 0.2) is 0 Å². The largest absolute Gasteiger partial charge is 0.483 e. The molecule has 8 nitrogen and oxygen atoms in total. The highest BCUT2D eigenvalue weighted by Crippen LogP contribution is 2.24. The summed E-state index contributed by atoms with van der Waals surface area (Å²) in [5, 5.41) is 10.0. The second-order valence-electron chi connectivity index (χ2n) is 7.51. The fourth-order valence-corrected chi connectivity index (χ4v) is 4.25. The highest BCUT2D eigenvalue weighted by atomic mass is 16.5. The molecule has 3 rings (SSSR count). The van der Waals surface area contributed by atoms with Crippen LogP contribution in [0.15, 0.2) is 0 Å². The maximum atomic E-state index is 12.5. The molecule has 27 heavy (non-hydrogen) atoms. The van der Waals surface area contributed by atoms with Gasteiger partial charge in [-0.1, -0.05) is 6.92 Å². The highest BCUT2D eigenvalue weighted by Gasteiger charge is 2.33. The van der Waals surface area contributed by atoms with Gasteiger partial charge in [0, 0.05) is 44.7 Å². The number of rotatable bonds is 5. The smallest absolute Gasteiger partial charge is 0.290 e. The summed E-state index contributed by atoms with van der Waals surface area (Å²) in [6, 6.07) is 0.642. The van der Waals surface area contributed by atoms with E-state index in [4.69, 9.17) is 14.6 Å². The second kappa shape index (κ2) is 11.2. The van der Waals surface area contributed by atoms with Crippen molar-refractivity contribution >= 4 is 18.3 Å². The molecule has 8 heteroatoms. The van der Waals surface area contributed by atoms with E-state index in [0.717, 1.165) is 65.0 Å². The normalized spacial score (nSPS) is 25.0. The highest BCUT2D eigenvalue weighted by molar-refractivity contribution is 5.83. The maximum absolute atomic E-state index is 12.5. The van der Waals surface area contributed by atoms with Crippen LogP contribution in [0.1, 0.15) is 45.4 Å². The van der Waals surface area contributed by atoms with Crippen LogP contribution in [-0.2, 0) is 19.1 Å². The first-order valence-electron chi connectivity index (χ1n) is 10.1. The molecule has 3 aliphatic rings. The van der Waals surface area contributed by atoms with Gasteiger partial charge >= 0.3 is 0 Å². The van der Waals surface area contributed by atoms with Gasteiger partial charge in [0.2, 0.25) is 11.8 Å². The SMILES string of the molecule is CCCN1CC(NC(=O)C2CCN(C3CCOCC3)CC2)CC1=O.O=CO. The fraction of sp³-hybridized carbons (Fsp3) is 0.842. The Hall–Kier alpha value is -1.67. The molecule has 0 saturated carbocycles. The quantitative estimate of drug-likeness (QED) is 0.678. The van der Waals surface area contributed by atoms with E-state index in [9.17, 15) is 9.59 Å². The lowest BCUT2D eigenvalue weighted by molar-refractivity contribution is -0.127. The summed E-state index contributed by atoms with van der Waals surface area (Å²) in [4.78, 5) is 37.2. The third-order valence-electron chi connectivity index (χ3n) is 5.66. The number of carbonyl (C=O) groups excluding carboxylic acids is 2. The zero-order valence-corrected chi connectivity index (χ0v) is 16.3. The third-order valence-corrected chi connectivity index (χ3v) is 5.66. The average Bonchev–Trinajstić information content (AvgIpc) is 3.02. The van der Waals surface area contributed by atoms with Gasteiger partial charge in [0.1, 0.15) is 0 Å². The maximum Gasteiger partial charge on any atom is 0.290 e. The third kappa shape index (κ3) is 6.46. The van der Waals surface area contributed by atoms with Crippen LogP contribution in [0.2, 0.25) is 0 Å². The van der Waals surface area contributed by atoms with Crippen molar-refractivity contribution in [1.29, 1.82) is 0 Å². The van der Waals surface area contributed by atoms with Crippen molar-refractivity contribution in [3.8, 4) is 0 Å². The minimum atomic E-state index is -0.250. The summed E-state index contributed by atoms with van der Waals surface area (Å²) < 4.78 is 5.44. The summed E-state index contributed by atoms with van der Waals surface area (Å²) in [5.74, 6) is 0.436. The van der Waals surface area contributed by atoms with Crippen LogP contribution in [-0.4, -0.2) is 84.7 Å². The Morgan fingerprint density at radius 2 is 1.89 bits per heavy atom. The van der Waals surface area contributed by atoms with E-state index in [-0.39, 0.29) is 30.2 Å². The zero-order chi connectivity index (χ0) is 19.6. The standard InChI is InChI=1S/C18H31N3O3.CH2O2/c1-2-7-21-13-15(12-17(21)22)19-18(23)14-3-8-20(9-4-14)16-5-10-24-11-6-16;2-1-3/h14-16H,2-13H2,1H3,(H,19,23);1H,(H,2,3). The number of nitrogens with zero attached hydrogens (tertiary/aromatic N) is 2. The van der Waals surface area contributed by atoms with Crippen LogP contribution in [0.5, 0.6) is 0 Å². The number of ether oxygens (including phenoxy) is 1. The molecule has 2 N–H and O–H groups in total. The molecular formula is C19H33N3O5. The van der Waals surface area contributed by atoms with Crippen LogP contribution < -0.4 is 5.32 Å². The molecule has 0 spiro atoms. The van der Waals surface area contributed by atoms with Crippen molar-refractivity contribution in [1.82, 2.24) is 15.1 Å². The monoisotopic (exact) mass is 383 g/mol. The number of piperidine rings is 1. The number of hydrogen-bond donors (Lipinski definition) is 2. The summed E-state index contributed by atoms with van der Waals surface area (Å²) in [5.41, 5.74) is 0. The number of carbonyl (C=O) groups is 3. The van der Waals surface area contributed by atoms with E-state index in [0.29, 0.717) is 19.0 Å². The van der Waals surface area contributed by atoms with Gasteiger partial charge in [-0.2, -0.15) is 0 Å². The van der Waals surface area contributed by atoms with Gasteiger partial charge in [-0.05, 0) is 45.2 Å². The molecule has 0 aromatic heterocycles. The minimum absolute atomic E-state index is 0.00470. The molecule has 154 valence electrons. The first-order valence-corrected chi connectivity index (χ1v) is 10.1. The van der Waals surface area contributed by atoms with E-state index < -0.39 is 0 Å². The molecule has 1 atom stereocenters. The number of likely N-dealkylation sites (tertiary alicyclic amines) is 2. The van der Waals surface area contributed by atoms with Crippen LogP contribution in [0.3, 0.4) is 0 Å². The van der Waals surface area contributed by atoms with Crippen molar-refractivity contribution < 1.29 is 24.2 Å². The Labute approximate surface area is 161 Å². The Morgan fingerprint density at radius 1 is 1.26 bits per heavy atom. The van der Waals surface area contributed by atoms with Gasteiger partial charge in [-0.3, -0.25) is 14.4 Å². The van der Waals surface area contributed by atoms with Gasteiger partial charge in [-0.25, -0.2) is 0 Å². The number of amides is 2. The Balaban J connectivity index is 0.000000817. The Bertz CT molecular complexity index is 488. The topological polar surface area (TPSA) is 99.2 Å². The van der Waals surface area contributed by atoms with Crippen LogP contribution >= 0.6 is 0 Å². The van der Waals surface area contributed by atoms with E-state index in [1.165, 1.54) is 0 Å². The van der Waals surface area contributed by atoms with Crippen molar-refractivity contribution in [3.05, 3.63) is 0 Å². The molecule has 0 bridgehead atoms. The summed E-state index contributed by atoms with van der Waals surface area (Å²) >= 11 is 0. The first kappa shape index (κ1) is 21.6. The number of hydrogen-bond acceptors (Lipinski definition) is 5. The van der Waals surface area contributed by atoms with Crippen molar-refractivity contribution in [3.63, 3.8) is 0 Å². The lowest BCUT2D eigenvalue weighted by Gasteiger charge is -2.39. The van der Waals surface area contributed by atoms with Gasteiger partial charge < -0.3 is 25.0 Å². The lowest BCUT2D eigenvalue weighted by atomic mass is 9.93. The number of carboxylic acid groups (broad SMARTS) is 1. The predicted molar refractivity (Wildman–Crippen MR) is 100 cm³/mol. The predicted octanol–water partition coefficient (Wildman–Crippen LogP) is 0.705. The first-order chi connectivity index (χ1) is 13.1. The van der Waals surface area contributed by atoms with Crippen molar-refractivity contribution in [2.75, 3.05) is 39.4 Å². The molecule has 3 heterocycles. The van der Waals surface area contributed by atoms with Gasteiger partial charge in [-0.15, -0.1) is 0 Å². The zero-order valence-electron chi connectivity index (χ0n) is 16.3. The Morgan fingerprint density at radius 3 is 2.48 bits per heavy atom. The molecule has 0 aromatic rings.